The summed E-state index contributed by atoms with van der Waals surface area (Å²) < 4.78 is 7.12. The number of methoxy groups -OCH3 is 1. The quantitative estimate of drug-likeness (QED) is 0.774. The second kappa shape index (κ2) is 4.70. The Labute approximate surface area is 110 Å². The van der Waals surface area contributed by atoms with E-state index in [9.17, 15) is 0 Å². The van der Waals surface area contributed by atoms with Crippen LogP contribution < -0.4 is 10.5 Å². The van der Waals surface area contributed by atoms with Crippen LogP contribution in [-0.4, -0.2) is 21.7 Å². The first kappa shape index (κ1) is 11.7. The first-order valence-electron chi connectivity index (χ1n) is 6.01. The van der Waals surface area contributed by atoms with Crippen molar-refractivity contribution in [2.75, 3.05) is 7.11 Å². The van der Waals surface area contributed by atoms with E-state index >= 15 is 0 Å². The Bertz CT molecular complexity index is 720. The molecule has 19 heavy (non-hydrogen) atoms. The number of hydrogen-bond donors (Lipinski definition) is 1. The lowest BCUT2D eigenvalue weighted by molar-refractivity contribution is 0.416. The van der Waals surface area contributed by atoms with Crippen molar-refractivity contribution < 1.29 is 4.74 Å². The molecule has 0 saturated heterocycles. The molecular weight excluding hydrogens is 240 g/mol. The third kappa shape index (κ3) is 1.84. The van der Waals surface area contributed by atoms with E-state index in [4.69, 9.17) is 10.5 Å². The molecule has 2 aromatic heterocycles. The van der Waals surface area contributed by atoms with E-state index in [1.165, 1.54) is 0 Å². The highest BCUT2D eigenvalue weighted by Gasteiger charge is 2.16. The Balaban J connectivity index is 2.30. The van der Waals surface area contributed by atoms with Gasteiger partial charge in [0, 0.05) is 30.1 Å². The normalized spacial score (nSPS) is 10.8. The zero-order valence-corrected chi connectivity index (χ0v) is 10.6. The predicted octanol–water partition coefficient (Wildman–Crippen LogP) is 1.86. The smallest absolute Gasteiger partial charge is 0.160 e. The van der Waals surface area contributed by atoms with Gasteiger partial charge in [-0.3, -0.25) is 0 Å². The molecule has 0 aliphatic rings. The second-order valence-corrected chi connectivity index (χ2v) is 4.12. The molecule has 0 radical (unpaired) electrons. The number of benzene rings is 1. The van der Waals surface area contributed by atoms with E-state index in [-0.39, 0.29) is 0 Å². The standard InChI is InChI=1S/C14H14N4O/c1-19-12-6-3-2-5-10(12)13-11(9-15)14-16-7-4-8-18(14)17-13/h2-8H,9,15H2,1H3. The maximum absolute atomic E-state index is 5.86. The van der Waals surface area contributed by atoms with Gasteiger partial charge in [-0.15, -0.1) is 0 Å². The summed E-state index contributed by atoms with van der Waals surface area (Å²) in [7, 11) is 1.65. The topological polar surface area (TPSA) is 65.4 Å². The first-order valence-corrected chi connectivity index (χ1v) is 6.01. The number of rotatable bonds is 3. The minimum atomic E-state index is 0.383. The van der Waals surface area contributed by atoms with Gasteiger partial charge in [0.2, 0.25) is 0 Å². The fourth-order valence-electron chi connectivity index (χ4n) is 2.18. The van der Waals surface area contributed by atoms with Gasteiger partial charge in [0.1, 0.15) is 11.4 Å². The molecule has 0 fully saturated rings. The third-order valence-electron chi connectivity index (χ3n) is 3.06. The summed E-state index contributed by atoms with van der Waals surface area (Å²) in [6.45, 7) is 0.383. The van der Waals surface area contributed by atoms with Crippen LogP contribution in [0.5, 0.6) is 5.75 Å². The monoisotopic (exact) mass is 254 g/mol. The van der Waals surface area contributed by atoms with Crippen molar-refractivity contribution in [1.29, 1.82) is 0 Å². The molecule has 0 aliphatic carbocycles. The van der Waals surface area contributed by atoms with Gasteiger partial charge in [0.05, 0.1) is 7.11 Å². The Morgan fingerprint density at radius 1 is 1.26 bits per heavy atom. The Kier molecular flexibility index (Phi) is 2.89. The summed E-state index contributed by atoms with van der Waals surface area (Å²) in [5.74, 6) is 0.778. The van der Waals surface area contributed by atoms with Crippen LogP contribution >= 0.6 is 0 Å². The number of hydrogen-bond acceptors (Lipinski definition) is 4. The van der Waals surface area contributed by atoms with Crippen LogP contribution in [0.1, 0.15) is 5.56 Å². The summed E-state index contributed by atoms with van der Waals surface area (Å²) >= 11 is 0. The molecule has 0 spiro atoms. The minimum absolute atomic E-state index is 0.383. The lowest BCUT2D eigenvalue weighted by atomic mass is 10.1. The van der Waals surface area contributed by atoms with Crippen molar-refractivity contribution in [3.8, 4) is 17.0 Å². The van der Waals surface area contributed by atoms with Gasteiger partial charge in [0.15, 0.2) is 5.65 Å². The molecule has 96 valence electrons. The van der Waals surface area contributed by atoms with Gasteiger partial charge >= 0.3 is 0 Å². The fourth-order valence-corrected chi connectivity index (χ4v) is 2.18. The maximum Gasteiger partial charge on any atom is 0.160 e. The first-order chi connectivity index (χ1) is 9.35. The van der Waals surface area contributed by atoms with Gasteiger partial charge in [-0.05, 0) is 18.2 Å². The lowest BCUT2D eigenvalue weighted by Crippen LogP contribution is -1.99. The molecule has 0 bridgehead atoms. The number of nitrogens with two attached hydrogens (primary N) is 1. The maximum atomic E-state index is 5.86. The van der Waals surface area contributed by atoms with Crippen LogP contribution in [0.15, 0.2) is 42.7 Å². The molecule has 1 aromatic carbocycles. The molecule has 2 N–H and O–H groups in total. The molecule has 0 saturated carbocycles. The average Bonchev–Trinajstić information content (AvgIpc) is 2.85. The van der Waals surface area contributed by atoms with Gasteiger partial charge in [-0.1, -0.05) is 12.1 Å². The lowest BCUT2D eigenvalue weighted by Gasteiger charge is -2.06. The van der Waals surface area contributed by atoms with Crippen LogP contribution in [0.2, 0.25) is 0 Å². The largest absolute Gasteiger partial charge is 0.496 e. The van der Waals surface area contributed by atoms with Gasteiger partial charge in [0.25, 0.3) is 0 Å². The Morgan fingerprint density at radius 3 is 2.89 bits per heavy atom. The van der Waals surface area contributed by atoms with Crippen molar-refractivity contribution in [1.82, 2.24) is 14.6 Å². The number of aromatic nitrogens is 3. The molecule has 5 heteroatoms. The zero-order chi connectivity index (χ0) is 13.2. The summed E-state index contributed by atoms with van der Waals surface area (Å²) in [6.07, 6.45) is 3.60. The van der Waals surface area contributed by atoms with E-state index in [2.05, 4.69) is 10.1 Å². The van der Waals surface area contributed by atoms with Crippen molar-refractivity contribution in [3.63, 3.8) is 0 Å². The van der Waals surface area contributed by atoms with Crippen molar-refractivity contribution in [3.05, 3.63) is 48.3 Å². The zero-order valence-electron chi connectivity index (χ0n) is 10.6. The third-order valence-corrected chi connectivity index (χ3v) is 3.06. The van der Waals surface area contributed by atoms with Gasteiger partial charge < -0.3 is 10.5 Å². The summed E-state index contributed by atoms with van der Waals surface area (Å²) in [4.78, 5) is 4.33. The number of ether oxygens (including phenoxy) is 1. The molecule has 5 nitrogen and oxygen atoms in total. The Hall–Kier alpha value is -2.40. The highest BCUT2D eigenvalue weighted by Crippen LogP contribution is 2.32. The van der Waals surface area contributed by atoms with Crippen LogP contribution in [0.3, 0.4) is 0 Å². The average molecular weight is 254 g/mol. The highest BCUT2D eigenvalue weighted by molar-refractivity contribution is 5.75. The van der Waals surface area contributed by atoms with Gasteiger partial charge in [-0.25, -0.2) is 9.50 Å². The van der Waals surface area contributed by atoms with Crippen molar-refractivity contribution in [2.45, 2.75) is 6.54 Å². The second-order valence-electron chi connectivity index (χ2n) is 4.12. The highest BCUT2D eigenvalue weighted by atomic mass is 16.5. The van der Waals surface area contributed by atoms with E-state index < -0.39 is 0 Å². The van der Waals surface area contributed by atoms with Crippen LogP contribution in [0.25, 0.3) is 16.9 Å². The van der Waals surface area contributed by atoms with Crippen molar-refractivity contribution in [2.24, 2.45) is 5.73 Å². The van der Waals surface area contributed by atoms with Crippen LogP contribution in [-0.2, 0) is 6.54 Å². The summed E-state index contributed by atoms with van der Waals surface area (Å²) in [5, 5.41) is 4.56. The Morgan fingerprint density at radius 2 is 2.11 bits per heavy atom. The number of fused-ring (bicyclic) bond motifs is 1. The van der Waals surface area contributed by atoms with Crippen LogP contribution in [0, 0.1) is 0 Å². The molecule has 0 unspecified atom stereocenters. The fraction of sp³-hybridized carbons (Fsp3) is 0.143. The van der Waals surface area contributed by atoms with E-state index in [1.54, 1.807) is 17.8 Å². The van der Waals surface area contributed by atoms with E-state index in [0.29, 0.717) is 6.54 Å². The van der Waals surface area contributed by atoms with Crippen molar-refractivity contribution >= 4 is 5.65 Å². The van der Waals surface area contributed by atoms with Crippen LogP contribution in [0.4, 0.5) is 0 Å². The van der Waals surface area contributed by atoms with Gasteiger partial charge in [-0.2, -0.15) is 5.10 Å². The molecule has 3 aromatic rings. The summed E-state index contributed by atoms with van der Waals surface area (Å²) in [6, 6.07) is 9.60. The molecule has 2 heterocycles. The molecule has 3 rings (SSSR count). The number of nitrogens with zero attached hydrogens (tertiary/aromatic N) is 3. The number of para-hydroxylation sites is 1. The minimum Gasteiger partial charge on any atom is -0.496 e. The van der Waals surface area contributed by atoms with E-state index in [0.717, 1.165) is 28.2 Å². The molecule has 0 amide bonds. The molecule has 0 aliphatic heterocycles. The predicted molar refractivity (Wildman–Crippen MR) is 72.9 cm³/mol. The molecule has 0 atom stereocenters. The SMILES string of the molecule is COc1ccccc1-c1nn2cccnc2c1CN. The van der Waals surface area contributed by atoms with E-state index in [1.807, 2.05) is 36.5 Å². The summed E-state index contributed by atoms with van der Waals surface area (Å²) in [5.41, 5.74) is 9.31. The molecular formula is C14H14N4O.